The van der Waals surface area contributed by atoms with Gasteiger partial charge in [-0.2, -0.15) is 5.10 Å². The van der Waals surface area contributed by atoms with Gasteiger partial charge in [-0.15, -0.1) is 11.3 Å². The summed E-state index contributed by atoms with van der Waals surface area (Å²) in [7, 11) is -1.24. The van der Waals surface area contributed by atoms with Gasteiger partial charge in [0, 0.05) is 41.4 Å². The minimum atomic E-state index is -1.24. The van der Waals surface area contributed by atoms with Gasteiger partial charge >= 0.3 is 0 Å². The van der Waals surface area contributed by atoms with Crippen LogP contribution in [-0.4, -0.2) is 59.3 Å². The van der Waals surface area contributed by atoms with E-state index in [1.54, 1.807) is 37.0 Å². The van der Waals surface area contributed by atoms with Crippen LogP contribution in [-0.2, 0) is 21.3 Å². The molecule has 10 nitrogen and oxygen atoms in total. The third-order valence-electron chi connectivity index (χ3n) is 5.40. The van der Waals surface area contributed by atoms with Crippen LogP contribution in [0.5, 0.6) is 0 Å². The van der Waals surface area contributed by atoms with Crippen molar-refractivity contribution in [2.45, 2.75) is 25.6 Å². The third kappa shape index (κ3) is 5.78. The van der Waals surface area contributed by atoms with Crippen molar-refractivity contribution in [3.63, 3.8) is 0 Å². The fourth-order valence-electron chi connectivity index (χ4n) is 3.32. The van der Waals surface area contributed by atoms with Crippen LogP contribution >= 0.6 is 11.3 Å². The molecule has 4 aromatic rings. The van der Waals surface area contributed by atoms with Crippen molar-refractivity contribution in [3.8, 4) is 22.5 Å². The highest BCUT2D eigenvalue weighted by molar-refractivity contribution is 7.82. The zero-order valence-electron chi connectivity index (χ0n) is 19.9. The second kappa shape index (κ2) is 10.6. The van der Waals surface area contributed by atoms with Crippen molar-refractivity contribution in [3.05, 3.63) is 65.9 Å². The summed E-state index contributed by atoms with van der Waals surface area (Å²) < 4.78 is 14.5. The Morgan fingerprint density at radius 2 is 1.97 bits per heavy atom. The number of benzene rings is 1. The Morgan fingerprint density at radius 3 is 2.67 bits per heavy atom. The van der Waals surface area contributed by atoms with Crippen molar-refractivity contribution in [1.29, 1.82) is 0 Å². The van der Waals surface area contributed by atoms with Gasteiger partial charge in [0.05, 0.1) is 23.5 Å². The summed E-state index contributed by atoms with van der Waals surface area (Å²) in [6.45, 7) is 3.55. The zero-order valence-corrected chi connectivity index (χ0v) is 21.5. The molecule has 0 radical (unpaired) electrons. The molecule has 0 saturated carbocycles. The number of carbonyl (C=O) groups is 2. The first-order valence-corrected chi connectivity index (χ1v) is 13.4. The molecule has 12 heteroatoms. The lowest BCUT2D eigenvalue weighted by molar-refractivity contribution is -0.114. The number of anilines is 1. The van der Waals surface area contributed by atoms with Gasteiger partial charge in [0.2, 0.25) is 0 Å². The van der Waals surface area contributed by atoms with Gasteiger partial charge in [-0.25, -0.2) is 9.19 Å². The maximum atomic E-state index is 12.2. The Morgan fingerprint density at radius 1 is 1.22 bits per heavy atom. The molecule has 0 bridgehead atoms. The highest BCUT2D eigenvalue weighted by atomic mass is 32.2. The molecular formula is C24H26N6O4S2. The fraction of sp³-hybridized carbons (Fsp3) is 0.250. The fourth-order valence-corrected chi connectivity index (χ4v) is 4.58. The number of aldehydes is 1. The van der Waals surface area contributed by atoms with E-state index in [2.05, 4.69) is 20.7 Å². The number of carbonyl (C=O) groups excluding carboxylic acids is 2. The summed E-state index contributed by atoms with van der Waals surface area (Å²) >= 11 is 1.33. The van der Waals surface area contributed by atoms with Crippen LogP contribution in [0.3, 0.4) is 0 Å². The number of aromatic nitrogens is 4. The Hall–Kier alpha value is -3.61. The van der Waals surface area contributed by atoms with E-state index in [9.17, 15) is 18.9 Å². The number of thiazole rings is 1. The molecule has 0 spiro atoms. The maximum absolute atomic E-state index is 12.2. The molecule has 0 saturated heterocycles. The SMILES string of the molecule is CS(=O)n1ccc(C(=O)NCC(O)Nc2nc(-c3cccc(-c4ccn(C(C)(C)C=O)n4)c3)cs2)c1. The summed E-state index contributed by atoms with van der Waals surface area (Å²) in [6.07, 6.45) is 6.14. The third-order valence-corrected chi connectivity index (χ3v) is 6.99. The smallest absolute Gasteiger partial charge is 0.253 e. The van der Waals surface area contributed by atoms with E-state index in [4.69, 9.17) is 0 Å². The van der Waals surface area contributed by atoms with Crippen LogP contribution in [0.1, 0.15) is 24.2 Å². The largest absolute Gasteiger partial charge is 0.372 e. The number of aliphatic hydroxyl groups is 1. The van der Waals surface area contributed by atoms with E-state index in [-0.39, 0.29) is 12.5 Å². The van der Waals surface area contributed by atoms with Crippen molar-refractivity contribution in [1.82, 2.24) is 24.1 Å². The van der Waals surface area contributed by atoms with E-state index in [0.29, 0.717) is 10.7 Å². The number of nitrogens with one attached hydrogen (secondary N) is 2. The van der Waals surface area contributed by atoms with Crippen LogP contribution in [0.15, 0.2) is 60.4 Å². The summed E-state index contributed by atoms with van der Waals surface area (Å²) in [4.78, 5) is 28.1. The van der Waals surface area contributed by atoms with Crippen LogP contribution in [0.2, 0.25) is 0 Å². The van der Waals surface area contributed by atoms with Crippen molar-refractivity contribution >= 4 is 39.6 Å². The molecule has 2 atom stereocenters. The molecule has 1 amide bonds. The van der Waals surface area contributed by atoms with E-state index in [1.165, 1.54) is 27.8 Å². The van der Waals surface area contributed by atoms with Gasteiger partial charge < -0.3 is 20.5 Å². The topological polar surface area (TPSA) is 131 Å². The van der Waals surface area contributed by atoms with E-state index >= 15 is 0 Å². The molecule has 0 aliphatic rings. The quantitative estimate of drug-likeness (QED) is 0.214. The van der Waals surface area contributed by atoms with E-state index in [1.807, 2.05) is 35.7 Å². The van der Waals surface area contributed by atoms with Crippen LogP contribution in [0, 0.1) is 0 Å². The normalized spacial score (nSPS) is 13.2. The second-order valence-corrected chi connectivity index (χ2v) is 10.7. The molecule has 3 heterocycles. The number of hydrogen-bond donors (Lipinski definition) is 3. The Balaban J connectivity index is 1.38. The first-order valence-electron chi connectivity index (χ1n) is 11.0. The van der Waals surface area contributed by atoms with Gasteiger partial charge in [0.1, 0.15) is 29.0 Å². The minimum Gasteiger partial charge on any atom is -0.372 e. The van der Waals surface area contributed by atoms with Crippen LogP contribution in [0.4, 0.5) is 5.13 Å². The number of hydrogen-bond acceptors (Lipinski definition) is 8. The summed E-state index contributed by atoms with van der Waals surface area (Å²) in [5, 5.41) is 22.7. The summed E-state index contributed by atoms with van der Waals surface area (Å²) in [6, 6.07) is 11.2. The van der Waals surface area contributed by atoms with Gasteiger partial charge in [0.15, 0.2) is 5.13 Å². The molecule has 0 fully saturated rings. The first kappa shape index (κ1) is 25.5. The molecule has 3 N–H and O–H groups in total. The molecular weight excluding hydrogens is 500 g/mol. The Bertz CT molecular complexity index is 1410. The molecule has 3 aromatic heterocycles. The molecule has 2 unspecified atom stereocenters. The van der Waals surface area contributed by atoms with Gasteiger partial charge in [-0.1, -0.05) is 18.2 Å². The highest BCUT2D eigenvalue weighted by Gasteiger charge is 2.20. The molecule has 0 aliphatic heterocycles. The predicted octanol–water partition coefficient (Wildman–Crippen LogP) is 2.71. The van der Waals surface area contributed by atoms with Crippen molar-refractivity contribution < 1.29 is 18.9 Å². The van der Waals surface area contributed by atoms with E-state index < -0.39 is 22.8 Å². The predicted molar refractivity (Wildman–Crippen MR) is 140 cm³/mol. The Labute approximate surface area is 214 Å². The average Bonchev–Trinajstić information content (AvgIpc) is 3.63. The monoisotopic (exact) mass is 526 g/mol. The highest BCUT2D eigenvalue weighted by Crippen LogP contribution is 2.29. The van der Waals surface area contributed by atoms with Crippen molar-refractivity contribution in [2.24, 2.45) is 0 Å². The molecule has 0 aliphatic carbocycles. The van der Waals surface area contributed by atoms with Crippen LogP contribution in [0.25, 0.3) is 22.5 Å². The molecule has 4 rings (SSSR count). The standard InChI is InChI=1S/C24H26N6O4S2/c1-24(2,15-31)30-10-8-19(28-30)16-5-4-6-17(11-16)20-14-35-23(26-20)27-21(32)12-25-22(33)18-7-9-29(13-18)36(3)34/h4-11,13-15,21,32H,12H2,1-3H3,(H,25,33)(H,26,27). The van der Waals surface area contributed by atoms with Gasteiger partial charge in [-0.05, 0) is 32.0 Å². The van der Waals surface area contributed by atoms with Gasteiger partial charge in [0.25, 0.3) is 5.91 Å². The lowest BCUT2D eigenvalue weighted by Gasteiger charge is -2.17. The molecule has 1 aromatic carbocycles. The number of amides is 1. The second-order valence-electron chi connectivity index (χ2n) is 8.59. The number of rotatable bonds is 10. The first-order chi connectivity index (χ1) is 17.2. The van der Waals surface area contributed by atoms with Crippen LogP contribution < -0.4 is 10.6 Å². The number of aliphatic hydroxyl groups excluding tert-OH is 1. The maximum Gasteiger partial charge on any atom is 0.253 e. The van der Waals surface area contributed by atoms with E-state index in [0.717, 1.165) is 28.8 Å². The summed E-state index contributed by atoms with van der Waals surface area (Å²) in [5.74, 6) is -0.379. The molecule has 36 heavy (non-hydrogen) atoms. The van der Waals surface area contributed by atoms with Gasteiger partial charge in [-0.3, -0.25) is 13.4 Å². The zero-order chi connectivity index (χ0) is 25.9. The van der Waals surface area contributed by atoms with Crippen molar-refractivity contribution in [2.75, 3.05) is 18.1 Å². The minimum absolute atomic E-state index is 0.0383. The Kier molecular flexibility index (Phi) is 7.48. The lowest BCUT2D eigenvalue weighted by atomic mass is 10.1. The lowest BCUT2D eigenvalue weighted by Crippen LogP contribution is -2.36. The average molecular weight is 527 g/mol. The summed E-state index contributed by atoms with van der Waals surface area (Å²) in [5.41, 5.74) is 2.86. The number of nitrogens with zero attached hydrogens (tertiary/aromatic N) is 4. The molecule has 188 valence electrons.